The van der Waals surface area contributed by atoms with Crippen molar-refractivity contribution in [3.63, 3.8) is 0 Å². The molecule has 0 saturated carbocycles. The predicted octanol–water partition coefficient (Wildman–Crippen LogP) is 3.16. The summed E-state index contributed by atoms with van der Waals surface area (Å²) in [6.07, 6.45) is -1.19. The highest BCUT2D eigenvalue weighted by Crippen LogP contribution is 2.32. The van der Waals surface area contributed by atoms with Crippen molar-refractivity contribution in [1.82, 2.24) is 5.32 Å². The van der Waals surface area contributed by atoms with Crippen LogP contribution in [0.15, 0.2) is 24.3 Å². The van der Waals surface area contributed by atoms with Crippen LogP contribution in [0, 0.1) is 6.92 Å². The van der Waals surface area contributed by atoms with Gasteiger partial charge in [0.2, 0.25) is 5.91 Å². The normalized spacial score (nSPS) is 11.8. The highest BCUT2D eigenvalue weighted by atomic mass is 19.4. The van der Waals surface area contributed by atoms with Crippen LogP contribution in [0.1, 0.15) is 23.6 Å². The Bertz CT molecular complexity index is 464. The van der Waals surface area contributed by atoms with E-state index in [1.807, 2.05) is 0 Å². The average Bonchev–Trinajstić information content (AvgIpc) is 2.24. The van der Waals surface area contributed by atoms with Gasteiger partial charge in [-0.15, -0.1) is 0 Å². The molecule has 2 nitrogen and oxygen atoms in total. The molecule has 0 aliphatic carbocycles. The van der Waals surface area contributed by atoms with Crippen LogP contribution in [0.2, 0.25) is 0 Å². The number of nitrogens with one attached hydrogen (secondary N) is 1. The number of aryl methyl sites for hydroxylation is 1. The van der Waals surface area contributed by atoms with Gasteiger partial charge < -0.3 is 5.32 Å². The van der Waals surface area contributed by atoms with Crippen molar-refractivity contribution < 1.29 is 18.0 Å². The van der Waals surface area contributed by atoms with Gasteiger partial charge in [-0.25, -0.2) is 0 Å². The zero-order valence-electron chi connectivity index (χ0n) is 10.1. The van der Waals surface area contributed by atoms with Crippen LogP contribution in [0.3, 0.4) is 0 Å². The standard InChI is InChI=1S/C13H14F3NO/c1-9-5-6-11(4-3-7-17-10(2)18)8-12(9)13(14,15)16/h3-6,8H,7H2,1-2H3,(H,17,18). The summed E-state index contributed by atoms with van der Waals surface area (Å²) in [5.74, 6) is -0.181. The summed E-state index contributed by atoms with van der Waals surface area (Å²) in [6.45, 7) is 3.10. The third-order valence-corrected chi connectivity index (χ3v) is 2.35. The van der Waals surface area contributed by atoms with Gasteiger partial charge in [-0.05, 0) is 24.1 Å². The van der Waals surface area contributed by atoms with Crippen LogP contribution in [0.4, 0.5) is 13.2 Å². The van der Waals surface area contributed by atoms with Gasteiger partial charge in [-0.1, -0.05) is 24.3 Å². The largest absolute Gasteiger partial charge is 0.416 e. The van der Waals surface area contributed by atoms with Crippen molar-refractivity contribution >= 4 is 12.0 Å². The van der Waals surface area contributed by atoms with E-state index in [0.29, 0.717) is 12.1 Å². The van der Waals surface area contributed by atoms with E-state index in [-0.39, 0.29) is 11.5 Å². The second-order valence-corrected chi connectivity index (χ2v) is 3.91. The van der Waals surface area contributed by atoms with Crippen LogP contribution < -0.4 is 5.32 Å². The topological polar surface area (TPSA) is 29.1 Å². The Morgan fingerprint density at radius 1 is 1.39 bits per heavy atom. The fraction of sp³-hybridized carbons (Fsp3) is 0.308. The molecule has 1 aromatic rings. The molecule has 98 valence electrons. The lowest BCUT2D eigenvalue weighted by atomic mass is 10.0. The molecule has 0 bridgehead atoms. The lowest BCUT2D eigenvalue weighted by molar-refractivity contribution is -0.138. The third kappa shape index (κ3) is 4.24. The molecule has 1 N–H and O–H groups in total. The van der Waals surface area contributed by atoms with E-state index in [2.05, 4.69) is 5.32 Å². The molecule has 0 aromatic heterocycles. The van der Waals surface area contributed by atoms with Gasteiger partial charge in [0.25, 0.3) is 0 Å². The number of rotatable bonds is 3. The monoisotopic (exact) mass is 257 g/mol. The highest BCUT2D eigenvalue weighted by Gasteiger charge is 2.32. The number of carbonyl (C=O) groups excluding carboxylic acids is 1. The first-order valence-electron chi connectivity index (χ1n) is 5.39. The van der Waals surface area contributed by atoms with Gasteiger partial charge >= 0.3 is 6.18 Å². The minimum Gasteiger partial charge on any atom is -0.353 e. The zero-order chi connectivity index (χ0) is 13.8. The second kappa shape index (κ2) is 5.71. The Kier molecular flexibility index (Phi) is 4.53. The van der Waals surface area contributed by atoms with Crippen LogP contribution in [0.25, 0.3) is 6.08 Å². The molecule has 0 fully saturated rings. The number of amides is 1. The van der Waals surface area contributed by atoms with Crippen LogP contribution >= 0.6 is 0 Å². The Morgan fingerprint density at radius 3 is 2.61 bits per heavy atom. The molecule has 5 heteroatoms. The number of alkyl halides is 3. The number of halogens is 3. The van der Waals surface area contributed by atoms with Gasteiger partial charge in [-0.2, -0.15) is 13.2 Å². The molecular formula is C13H14F3NO. The molecule has 1 aromatic carbocycles. The fourth-order valence-electron chi connectivity index (χ4n) is 1.45. The van der Waals surface area contributed by atoms with E-state index < -0.39 is 11.7 Å². The summed E-state index contributed by atoms with van der Waals surface area (Å²) in [6, 6.07) is 4.13. The van der Waals surface area contributed by atoms with Crippen molar-refractivity contribution in [2.45, 2.75) is 20.0 Å². The first-order valence-corrected chi connectivity index (χ1v) is 5.39. The van der Waals surface area contributed by atoms with E-state index in [1.54, 1.807) is 18.2 Å². The van der Waals surface area contributed by atoms with E-state index in [4.69, 9.17) is 0 Å². The Morgan fingerprint density at radius 2 is 2.06 bits per heavy atom. The molecule has 1 rings (SSSR count). The van der Waals surface area contributed by atoms with Gasteiger partial charge in [0.1, 0.15) is 0 Å². The predicted molar refractivity (Wildman–Crippen MR) is 63.9 cm³/mol. The molecule has 0 radical (unpaired) electrons. The number of hydrogen-bond donors (Lipinski definition) is 1. The van der Waals surface area contributed by atoms with E-state index >= 15 is 0 Å². The lowest BCUT2D eigenvalue weighted by Crippen LogP contribution is -2.19. The molecule has 0 unspecified atom stereocenters. The van der Waals surface area contributed by atoms with Crippen molar-refractivity contribution in [1.29, 1.82) is 0 Å². The minimum absolute atomic E-state index is 0.181. The number of benzene rings is 1. The summed E-state index contributed by atoms with van der Waals surface area (Å²) in [4.78, 5) is 10.6. The maximum Gasteiger partial charge on any atom is 0.416 e. The molecule has 0 saturated heterocycles. The number of hydrogen-bond acceptors (Lipinski definition) is 1. The van der Waals surface area contributed by atoms with Gasteiger partial charge in [-0.3, -0.25) is 4.79 Å². The first-order chi connectivity index (χ1) is 8.30. The van der Waals surface area contributed by atoms with Crippen molar-refractivity contribution in [3.05, 3.63) is 41.0 Å². The Balaban J connectivity index is 2.83. The maximum atomic E-state index is 12.6. The van der Waals surface area contributed by atoms with Gasteiger partial charge in [0, 0.05) is 13.5 Å². The van der Waals surface area contributed by atoms with Crippen LogP contribution in [0.5, 0.6) is 0 Å². The quantitative estimate of drug-likeness (QED) is 0.885. The Hall–Kier alpha value is -1.78. The highest BCUT2D eigenvalue weighted by molar-refractivity contribution is 5.73. The average molecular weight is 257 g/mol. The van der Waals surface area contributed by atoms with Gasteiger partial charge in [0.15, 0.2) is 0 Å². The minimum atomic E-state index is -4.34. The lowest BCUT2D eigenvalue weighted by Gasteiger charge is -2.10. The fourth-order valence-corrected chi connectivity index (χ4v) is 1.45. The van der Waals surface area contributed by atoms with E-state index in [0.717, 1.165) is 6.07 Å². The van der Waals surface area contributed by atoms with Crippen molar-refractivity contribution in [3.8, 4) is 0 Å². The SMILES string of the molecule is CC(=O)NCC=Cc1ccc(C)c(C(F)(F)F)c1. The molecule has 18 heavy (non-hydrogen) atoms. The maximum absolute atomic E-state index is 12.6. The summed E-state index contributed by atoms with van der Waals surface area (Å²) in [5, 5.41) is 2.52. The molecule has 0 heterocycles. The third-order valence-electron chi connectivity index (χ3n) is 2.35. The summed E-state index contributed by atoms with van der Waals surface area (Å²) >= 11 is 0. The van der Waals surface area contributed by atoms with Crippen molar-refractivity contribution in [2.24, 2.45) is 0 Å². The van der Waals surface area contributed by atoms with Crippen molar-refractivity contribution in [2.75, 3.05) is 6.54 Å². The summed E-state index contributed by atoms with van der Waals surface area (Å²) in [7, 11) is 0. The van der Waals surface area contributed by atoms with Crippen LogP contribution in [-0.2, 0) is 11.0 Å². The first kappa shape index (κ1) is 14.3. The molecule has 0 aliphatic heterocycles. The Labute approximate surface area is 104 Å². The summed E-state index contributed by atoms with van der Waals surface area (Å²) < 4.78 is 37.9. The van der Waals surface area contributed by atoms with Crippen LogP contribution in [-0.4, -0.2) is 12.5 Å². The molecule has 0 aliphatic rings. The van der Waals surface area contributed by atoms with Gasteiger partial charge in [0.05, 0.1) is 5.56 Å². The molecule has 1 amide bonds. The molecule has 0 spiro atoms. The van der Waals surface area contributed by atoms with E-state index in [1.165, 1.54) is 19.9 Å². The molecule has 0 atom stereocenters. The zero-order valence-corrected chi connectivity index (χ0v) is 10.1. The smallest absolute Gasteiger partial charge is 0.353 e. The van der Waals surface area contributed by atoms with E-state index in [9.17, 15) is 18.0 Å². The second-order valence-electron chi connectivity index (χ2n) is 3.91. The molecular weight excluding hydrogens is 243 g/mol. The summed E-state index contributed by atoms with van der Waals surface area (Å²) in [5.41, 5.74) is 0.0176. The number of carbonyl (C=O) groups is 1.